The lowest BCUT2D eigenvalue weighted by atomic mass is 10.6. The number of azide groups is 1. The summed E-state index contributed by atoms with van der Waals surface area (Å²) in [4.78, 5) is 2.36. The van der Waals surface area contributed by atoms with Crippen molar-refractivity contribution >= 4 is 39.6 Å². The fourth-order valence-electron chi connectivity index (χ4n) is 0.595. The van der Waals surface area contributed by atoms with Gasteiger partial charge in [0.2, 0.25) is 0 Å². The summed E-state index contributed by atoms with van der Waals surface area (Å²) in [6.07, 6.45) is 6.77. The van der Waals surface area contributed by atoms with Crippen molar-refractivity contribution < 1.29 is 0 Å². The summed E-state index contributed by atoms with van der Waals surface area (Å²) in [5, 5.41) is 10.6. The van der Waals surface area contributed by atoms with E-state index in [9.17, 15) is 0 Å². The van der Waals surface area contributed by atoms with Crippen molar-refractivity contribution in [2.24, 2.45) is 12.2 Å². The second kappa shape index (κ2) is 16.6. The van der Waals surface area contributed by atoms with E-state index in [-0.39, 0.29) is 0 Å². The van der Waals surface area contributed by atoms with Gasteiger partial charge in [-0.25, -0.2) is 0 Å². The SMILES string of the molecule is C#CCSP.CN=[N+]=[N-].Cn1cc(CSP)nn1. The van der Waals surface area contributed by atoms with Gasteiger partial charge in [-0.15, -0.1) is 34.3 Å². The van der Waals surface area contributed by atoms with Gasteiger partial charge in [0.05, 0.1) is 11.4 Å². The van der Waals surface area contributed by atoms with E-state index >= 15 is 0 Å². The molecule has 0 radical (unpaired) electrons. The van der Waals surface area contributed by atoms with E-state index in [1.54, 1.807) is 27.4 Å². The maximum atomic E-state index is 7.33. The van der Waals surface area contributed by atoms with Gasteiger partial charge < -0.3 is 0 Å². The average Bonchev–Trinajstić information content (AvgIpc) is 2.78. The molecule has 0 amide bonds. The van der Waals surface area contributed by atoms with Gasteiger partial charge in [0.25, 0.3) is 0 Å². The minimum atomic E-state index is 0.796. The number of nitrogens with zero attached hydrogens (tertiary/aromatic N) is 6. The molecule has 1 heterocycles. The second-order valence-electron chi connectivity index (χ2n) is 2.50. The number of rotatable bonds is 3. The van der Waals surface area contributed by atoms with Crippen molar-refractivity contribution in [3.05, 3.63) is 22.3 Å². The van der Waals surface area contributed by atoms with E-state index in [4.69, 9.17) is 12.0 Å². The molecule has 0 N–H and O–H groups in total. The number of aromatic nitrogens is 3. The van der Waals surface area contributed by atoms with Gasteiger partial charge in [-0.2, -0.15) is 0 Å². The van der Waals surface area contributed by atoms with Crippen LogP contribution in [0, 0.1) is 12.3 Å². The summed E-state index contributed by atoms with van der Waals surface area (Å²) in [5.41, 5.74) is 8.36. The van der Waals surface area contributed by atoms with Crippen LogP contribution in [0.4, 0.5) is 0 Å². The van der Waals surface area contributed by atoms with Gasteiger partial charge in [-0.3, -0.25) is 4.68 Å². The normalized spacial score (nSPS) is 7.72. The third kappa shape index (κ3) is 15.6. The molecular formula is C8H16N6P2S2. The fourth-order valence-corrected chi connectivity index (χ4v) is 1.80. The van der Waals surface area contributed by atoms with E-state index in [1.807, 2.05) is 13.2 Å². The summed E-state index contributed by atoms with van der Waals surface area (Å²) >= 11 is 3.25. The summed E-state index contributed by atoms with van der Waals surface area (Å²) in [6.45, 7) is 0. The Kier molecular flexibility index (Phi) is 18.3. The highest BCUT2D eigenvalue weighted by molar-refractivity contribution is 8.44. The first-order valence-corrected chi connectivity index (χ1v) is 9.44. The van der Waals surface area contributed by atoms with E-state index in [0.717, 1.165) is 17.2 Å². The predicted octanol–water partition coefficient (Wildman–Crippen LogP) is 2.91. The van der Waals surface area contributed by atoms with Crippen LogP contribution in [0.5, 0.6) is 0 Å². The summed E-state index contributed by atoms with van der Waals surface area (Å²) in [5.74, 6) is 4.17. The van der Waals surface area contributed by atoms with Crippen LogP contribution in [0.15, 0.2) is 11.3 Å². The molecule has 2 atom stereocenters. The van der Waals surface area contributed by atoms with Gasteiger partial charge in [0.15, 0.2) is 0 Å². The molecule has 0 aliphatic rings. The Morgan fingerprint density at radius 2 is 2.22 bits per heavy atom. The van der Waals surface area contributed by atoms with Gasteiger partial charge in [0.1, 0.15) is 0 Å². The molecule has 1 rings (SSSR count). The van der Waals surface area contributed by atoms with Crippen molar-refractivity contribution in [3.63, 3.8) is 0 Å². The Labute approximate surface area is 120 Å². The zero-order chi connectivity index (χ0) is 14.2. The first-order chi connectivity index (χ1) is 8.65. The molecule has 18 heavy (non-hydrogen) atoms. The molecule has 100 valence electrons. The zero-order valence-electron chi connectivity index (χ0n) is 10.2. The predicted molar refractivity (Wildman–Crippen MR) is 88.1 cm³/mol. The standard InChI is InChI=1S/C4H8N3PS.C3H5PS.CH3N3/c1-7-2-4(3-9-8)5-6-7;1-2-3-5-4;1-3-4-2/h2H,3,8H2,1H3;1H,3-4H2;1H3. The van der Waals surface area contributed by atoms with Crippen LogP contribution in [0.2, 0.25) is 0 Å². The topological polar surface area (TPSA) is 79.5 Å². The van der Waals surface area contributed by atoms with Gasteiger partial charge in [-0.1, -0.05) is 33.1 Å². The van der Waals surface area contributed by atoms with Gasteiger partial charge in [0, 0.05) is 31.0 Å². The number of terminal acetylenes is 1. The minimum absolute atomic E-state index is 0.796. The maximum absolute atomic E-state index is 7.33. The van der Waals surface area contributed by atoms with Crippen LogP contribution in [-0.2, 0) is 12.8 Å². The van der Waals surface area contributed by atoms with E-state index < -0.39 is 0 Å². The molecule has 6 nitrogen and oxygen atoms in total. The van der Waals surface area contributed by atoms with E-state index in [1.165, 1.54) is 7.05 Å². The zero-order valence-corrected chi connectivity index (χ0v) is 14.2. The van der Waals surface area contributed by atoms with Crippen LogP contribution in [-0.4, -0.2) is 27.8 Å². The Hall–Kier alpha value is -0.430. The number of hydrogen-bond donors (Lipinski definition) is 0. The molecule has 10 heteroatoms. The van der Waals surface area contributed by atoms with Gasteiger partial charge in [-0.05, 0) is 5.53 Å². The number of hydrogen-bond acceptors (Lipinski definition) is 5. The Morgan fingerprint density at radius 1 is 1.61 bits per heavy atom. The van der Waals surface area contributed by atoms with E-state index in [2.05, 4.69) is 43.1 Å². The third-order valence-electron chi connectivity index (χ3n) is 1.14. The summed E-state index contributed by atoms with van der Waals surface area (Å²) in [6, 6.07) is 0. The van der Waals surface area contributed by atoms with Crippen LogP contribution < -0.4 is 0 Å². The second-order valence-corrected chi connectivity index (χ2v) is 5.74. The lowest BCUT2D eigenvalue weighted by Crippen LogP contribution is -1.85. The molecule has 2 unspecified atom stereocenters. The fraction of sp³-hybridized carbons (Fsp3) is 0.500. The van der Waals surface area contributed by atoms with Crippen LogP contribution in [0.3, 0.4) is 0 Å². The summed E-state index contributed by atoms with van der Waals surface area (Å²) < 4.78 is 1.70. The molecule has 0 bridgehead atoms. The summed E-state index contributed by atoms with van der Waals surface area (Å²) in [7, 11) is 8.30. The molecule has 0 fully saturated rings. The van der Waals surface area contributed by atoms with Crippen molar-refractivity contribution in [2.45, 2.75) is 5.75 Å². The minimum Gasteiger partial charge on any atom is -0.255 e. The highest BCUT2D eigenvalue weighted by Gasteiger charge is 1.93. The molecular weight excluding hydrogens is 306 g/mol. The van der Waals surface area contributed by atoms with Crippen LogP contribution in [0.25, 0.3) is 10.4 Å². The first kappa shape index (κ1) is 19.9. The van der Waals surface area contributed by atoms with Gasteiger partial charge >= 0.3 is 0 Å². The molecule has 0 saturated carbocycles. The molecule has 0 saturated heterocycles. The molecule has 0 aliphatic heterocycles. The number of aryl methyl sites for hydroxylation is 1. The lowest BCUT2D eigenvalue weighted by Gasteiger charge is -1.84. The van der Waals surface area contributed by atoms with Crippen LogP contribution in [0.1, 0.15) is 5.69 Å². The monoisotopic (exact) mass is 322 g/mol. The molecule has 0 aromatic carbocycles. The molecule has 0 spiro atoms. The van der Waals surface area contributed by atoms with Crippen molar-refractivity contribution in [1.82, 2.24) is 15.0 Å². The van der Waals surface area contributed by atoms with Crippen molar-refractivity contribution in [1.29, 1.82) is 0 Å². The first-order valence-electron chi connectivity index (χ1n) is 4.51. The molecule has 1 aromatic heterocycles. The van der Waals surface area contributed by atoms with Crippen LogP contribution >= 0.6 is 39.6 Å². The molecule has 1 aromatic rings. The van der Waals surface area contributed by atoms with Crippen molar-refractivity contribution in [2.75, 3.05) is 12.8 Å². The Morgan fingerprint density at radius 3 is 2.44 bits per heavy atom. The smallest absolute Gasteiger partial charge is 0.0929 e. The Bertz CT molecular complexity index is 385. The third-order valence-corrected chi connectivity index (χ3v) is 2.93. The van der Waals surface area contributed by atoms with Crippen molar-refractivity contribution in [3.8, 4) is 12.3 Å². The highest BCUT2D eigenvalue weighted by atomic mass is 32.7. The van der Waals surface area contributed by atoms with E-state index in [0.29, 0.717) is 0 Å². The lowest BCUT2D eigenvalue weighted by molar-refractivity contribution is 0.714. The maximum Gasteiger partial charge on any atom is 0.0929 e. The average molecular weight is 322 g/mol. The molecule has 0 aliphatic carbocycles. The highest BCUT2D eigenvalue weighted by Crippen LogP contribution is 2.15. The largest absolute Gasteiger partial charge is 0.255 e. The Balaban J connectivity index is 0. The quantitative estimate of drug-likeness (QED) is 0.282.